The maximum Gasteiger partial charge on any atom is 0.153 e. The standard InChI is InChI=1S/C16H12N4/c1-2-5-12-9-18-14(8-11(12)4-1)20-16-15-13(10-19-16)6-3-7-17-15/h1-9H,10H2,(H,18,19,20). The Balaban J connectivity index is 1.69. The Bertz CT molecular complexity index is 823. The molecule has 1 aliphatic rings. The van der Waals surface area contributed by atoms with Crippen molar-refractivity contribution in [2.75, 3.05) is 5.32 Å². The molecule has 0 radical (unpaired) electrons. The Morgan fingerprint density at radius 3 is 2.80 bits per heavy atom. The van der Waals surface area contributed by atoms with Crippen LogP contribution in [0.5, 0.6) is 0 Å². The van der Waals surface area contributed by atoms with Crippen molar-refractivity contribution < 1.29 is 0 Å². The molecule has 0 atom stereocenters. The van der Waals surface area contributed by atoms with Crippen molar-refractivity contribution >= 4 is 22.4 Å². The summed E-state index contributed by atoms with van der Waals surface area (Å²) in [5.41, 5.74) is 2.07. The summed E-state index contributed by atoms with van der Waals surface area (Å²) >= 11 is 0. The van der Waals surface area contributed by atoms with Gasteiger partial charge in [-0.3, -0.25) is 9.98 Å². The van der Waals surface area contributed by atoms with Gasteiger partial charge in [-0.2, -0.15) is 0 Å². The lowest BCUT2D eigenvalue weighted by Gasteiger charge is -2.07. The van der Waals surface area contributed by atoms with Crippen molar-refractivity contribution in [3.05, 3.63) is 66.1 Å². The molecule has 4 rings (SSSR count). The average molecular weight is 260 g/mol. The summed E-state index contributed by atoms with van der Waals surface area (Å²) in [7, 11) is 0. The third kappa shape index (κ3) is 1.82. The van der Waals surface area contributed by atoms with E-state index in [0.717, 1.165) is 33.7 Å². The Morgan fingerprint density at radius 2 is 1.85 bits per heavy atom. The molecule has 20 heavy (non-hydrogen) atoms. The van der Waals surface area contributed by atoms with E-state index in [2.05, 4.69) is 32.4 Å². The molecule has 0 saturated heterocycles. The minimum absolute atomic E-state index is 0.680. The quantitative estimate of drug-likeness (QED) is 0.731. The van der Waals surface area contributed by atoms with Gasteiger partial charge in [0, 0.05) is 23.3 Å². The van der Waals surface area contributed by atoms with Gasteiger partial charge in [0.15, 0.2) is 5.84 Å². The molecule has 0 fully saturated rings. The minimum atomic E-state index is 0.680. The van der Waals surface area contributed by atoms with Crippen LogP contribution >= 0.6 is 0 Å². The van der Waals surface area contributed by atoms with Crippen LogP contribution in [-0.2, 0) is 6.54 Å². The van der Waals surface area contributed by atoms with E-state index in [9.17, 15) is 0 Å². The molecule has 96 valence electrons. The third-order valence-corrected chi connectivity index (χ3v) is 3.40. The molecule has 0 amide bonds. The summed E-state index contributed by atoms with van der Waals surface area (Å²) in [4.78, 5) is 13.3. The van der Waals surface area contributed by atoms with Gasteiger partial charge in [-0.05, 0) is 17.5 Å². The monoisotopic (exact) mass is 260 g/mol. The van der Waals surface area contributed by atoms with Crippen LogP contribution in [-0.4, -0.2) is 15.8 Å². The van der Waals surface area contributed by atoms with Gasteiger partial charge in [0.25, 0.3) is 0 Å². The first-order valence-electron chi connectivity index (χ1n) is 6.51. The Kier molecular flexibility index (Phi) is 2.45. The summed E-state index contributed by atoms with van der Waals surface area (Å²) < 4.78 is 0. The first-order valence-corrected chi connectivity index (χ1v) is 6.51. The van der Waals surface area contributed by atoms with Gasteiger partial charge in [-0.15, -0.1) is 0 Å². The molecule has 0 saturated carbocycles. The van der Waals surface area contributed by atoms with Crippen LogP contribution in [0, 0.1) is 0 Å². The highest BCUT2D eigenvalue weighted by Gasteiger charge is 2.16. The molecule has 1 aliphatic heterocycles. The molecule has 4 nitrogen and oxygen atoms in total. The Labute approximate surface area is 116 Å². The molecule has 1 aromatic carbocycles. The van der Waals surface area contributed by atoms with Crippen molar-refractivity contribution in [2.45, 2.75) is 6.54 Å². The van der Waals surface area contributed by atoms with Crippen molar-refractivity contribution in [3.8, 4) is 0 Å². The van der Waals surface area contributed by atoms with E-state index >= 15 is 0 Å². The predicted molar refractivity (Wildman–Crippen MR) is 79.8 cm³/mol. The number of nitrogens with one attached hydrogen (secondary N) is 1. The van der Waals surface area contributed by atoms with Gasteiger partial charge in [0.05, 0.1) is 6.54 Å². The van der Waals surface area contributed by atoms with Gasteiger partial charge in [0.2, 0.25) is 0 Å². The zero-order valence-electron chi connectivity index (χ0n) is 10.7. The fraction of sp³-hybridized carbons (Fsp3) is 0.0625. The zero-order valence-corrected chi connectivity index (χ0v) is 10.7. The molecular weight excluding hydrogens is 248 g/mol. The van der Waals surface area contributed by atoms with Crippen molar-refractivity contribution in [1.82, 2.24) is 9.97 Å². The van der Waals surface area contributed by atoms with E-state index in [1.165, 1.54) is 0 Å². The highest BCUT2D eigenvalue weighted by atomic mass is 15.1. The van der Waals surface area contributed by atoms with Crippen LogP contribution in [0.25, 0.3) is 10.8 Å². The number of anilines is 1. The molecular formula is C16H12N4. The molecule has 2 aromatic heterocycles. The lowest BCUT2D eigenvalue weighted by molar-refractivity contribution is 1.09. The normalized spacial score (nSPS) is 13.1. The van der Waals surface area contributed by atoms with E-state index in [1.807, 2.05) is 36.5 Å². The SMILES string of the molecule is c1cnc2c(c1)CN=C2Nc1cc2ccccc2cn1. The fourth-order valence-electron chi connectivity index (χ4n) is 2.39. The van der Waals surface area contributed by atoms with E-state index in [0.29, 0.717) is 6.54 Å². The first kappa shape index (κ1) is 11.1. The smallest absolute Gasteiger partial charge is 0.153 e. The fourth-order valence-corrected chi connectivity index (χ4v) is 2.39. The Morgan fingerprint density at radius 1 is 0.950 bits per heavy atom. The number of hydrogen-bond donors (Lipinski definition) is 1. The number of pyridine rings is 2. The van der Waals surface area contributed by atoms with Crippen LogP contribution in [0.2, 0.25) is 0 Å². The number of amidine groups is 1. The summed E-state index contributed by atoms with van der Waals surface area (Å²) in [6.07, 6.45) is 3.65. The number of nitrogens with zero attached hydrogens (tertiary/aromatic N) is 3. The van der Waals surface area contributed by atoms with Crippen molar-refractivity contribution in [2.24, 2.45) is 4.99 Å². The molecule has 0 spiro atoms. The van der Waals surface area contributed by atoms with Crippen LogP contribution in [0.4, 0.5) is 5.82 Å². The van der Waals surface area contributed by atoms with Gasteiger partial charge in [-0.1, -0.05) is 30.3 Å². The summed E-state index contributed by atoms with van der Waals surface area (Å²) in [6.45, 7) is 0.680. The summed E-state index contributed by atoms with van der Waals surface area (Å²) in [5, 5.41) is 5.55. The van der Waals surface area contributed by atoms with Crippen LogP contribution < -0.4 is 5.32 Å². The molecule has 4 heteroatoms. The second-order valence-corrected chi connectivity index (χ2v) is 4.72. The average Bonchev–Trinajstić information content (AvgIpc) is 2.91. The van der Waals surface area contributed by atoms with Crippen molar-refractivity contribution in [1.29, 1.82) is 0 Å². The molecule has 3 heterocycles. The third-order valence-electron chi connectivity index (χ3n) is 3.40. The number of fused-ring (bicyclic) bond motifs is 2. The molecule has 0 unspecified atom stereocenters. The van der Waals surface area contributed by atoms with Gasteiger partial charge < -0.3 is 5.32 Å². The second kappa shape index (κ2) is 4.42. The largest absolute Gasteiger partial charge is 0.323 e. The number of rotatable bonds is 1. The number of benzene rings is 1. The number of aromatic nitrogens is 2. The minimum Gasteiger partial charge on any atom is -0.323 e. The van der Waals surface area contributed by atoms with Crippen LogP contribution in [0.3, 0.4) is 0 Å². The lowest BCUT2D eigenvalue weighted by atomic mass is 10.2. The maximum absolute atomic E-state index is 4.48. The van der Waals surface area contributed by atoms with Gasteiger partial charge in [-0.25, -0.2) is 4.98 Å². The lowest BCUT2D eigenvalue weighted by Crippen LogP contribution is -2.14. The number of hydrogen-bond acceptors (Lipinski definition) is 4. The van der Waals surface area contributed by atoms with Gasteiger partial charge >= 0.3 is 0 Å². The molecule has 0 bridgehead atoms. The zero-order chi connectivity index (χ0) is 13.4. The van der Waals surface area contributed by atoms with E-state index in [1.54, 1.807) is 6.20 Å². The maximum atomic E-state index is 4.48. The predicted octanol–water partition coefficient (Wildman–Crippen LogP) is 3.00. The topological polar surface area (TPSA) is 50.2 Å². The van der Waals surface area contributed by atoms with Crippen molar-refractivity contribution in [3.63, 3.8) is 0 Å². The van der Waals surface area contributed by atoms with Gasteiger partial charge in [0.1, 0.15) is 11.5 Å². The Hall–Kier alpha value is -2.75. The molecule has 1 N–H and O–H groups in total. The van der Waals surface area contributed by atoms with Crippen LogP contribution in [0.15, 0.2) is 59.9 Å². The van der Waals surface area contributed by atoms with E-state index in [4.69, 9.17) is 0 Å². The van der Waals surface area contributed by atoms with E-state index in [-0.39, 0.29) is 0 Å². The number of aliphatic imine (C=N–C) groups is 1. The molecule has 3 aromatic rings. The second-order valence-electron chi connectivity index (χ2n) is 4.72. The summed E-state index contributed by atoms with van der Waals surface area (Å²) in [5.74, 6) is 1.59. The highest BCUT2D eigenvalue weighted by molar-refractivity contribution is 6.09. The first-order chi connectivity index (χ1) is 9.90. The van der Waals surface area contributed by atoms with E-state index < -0.39 is 0 Å². The summed E-state index contributed by atoms with van der Waals surface area (Å²) in [6, 6.07) is 14.2. The highest BCUT2D eigenvalue weighted by Crippen LogP contribution is 2.20. The van der Waals surface area contributed by atoms with Crippen LogP contribution in [0.1, 0.15) is 11.3 Å². The molecule has 0 aliphatic carbocycles.